The molecule has 4 nitrogen and oxygen atoms in total. The van der Waals surface area contributed by atoms with Gasteiger partial charge in [-0.2, -0.15) is 5.10 Å². The largest absolute Gasteiger partial charge is 0.493 e. The molecule has 2 aromatic rings. The first-order valence-electron chi connectivity index (χ1n) is 5.00. The lowest BCUT2D eigenvalue weighted by Gasteiger charge is -2.09. The van der Waals surface area contributed by atoms with Crippen LogP contribution in [0.1, 0.15) is 0 Å². The van der Waals surface area contributed by atoms with Crippen molar-refractivity contribution in [3.05, 3.63) is 42.7 Å². The predicted molar refractivity (Wildman–Crippen MR) is 63.0 cm³/mol. The van der Waals surface area contributed by atoms with Crippen molar-refractivity contribution in [1.29, 1.82) is 0 Å². The summed E-state index contributed by atoms with van der Waals surface area (Å²) in [6, 6.07) is 9.78. The molecule has 0 saturated heterocycles. The maximum Gasteiger partial charge on any atom is 0.493 e. The molecule has 16 heavy (non-hydrogen) atoms. The zero-order valence-electron chi connectivity index (χ0n) is 9.33. The Bertz CT molecular complexity index is 424. The van der Waals surface area contributed by atoms with Crippen LogP contribution in [0.3, 0.4) is 0 Å². The Morgan fingerprint density at radius 3 is 2.31 bits per heavy atom. The maximum atomic E-state index is 5.17. The summed E-state index contributed by atoms with van der Waals surface area (Å²) in [4.78, 5) is 0. The lowest BCUT2D eigenvalue weighted by molar-refractivity contribution is 0.292. The van der Waals surface area contributed by atoms with E-state index in [1.54, 1.807) is 25.1 Å². The van der Waals surface area contributed by atoms with Gasteiger partial charge in [0.1, 0.15) is 0 Å². The number of hydrogen-bond acceptors (Lipinski definition) is 3. The Morgan fingerprint density at radius 2 is 1.81 bits per heavy atom. The Morgan fingerprint density at radius 1 is 1.12 bits per heavy atom. The molecule has 5 heteroatoms. The van der Waals surface area contributed by atoms with Crippen molar-refractivity contribution in [3.63, 3.8) is 0 Å². The fraction of sp³-hybridized carbons (Fsp3) is 0.182. The van der Waals surface area contributed by atoms with Crippen LogP contribution in [0.4, 0.5) is 0 Å². The van der Waals surface area contributed by atoms with E-state index in [4.69, 9.17) is 9.31 Å². The Kier molecular flexibility index (Phi) is 3.39. The van der Waals surface area contributed by atoms with Crippen LogP contribution in [0.15, 0.2) is 42.7 Å². The van der Waals surface area contributed by atoms with E-state index in [0.717, 1.165) is 11.2 Å². The summed E-state index contributed by atoms with van der Waals surface area (Å²) in [6.07, 6.45) is 3.65. The van der Waals surface area contributed by atoms with Gasteiger partial charge in [0.25, 0.3) is 0 Å². The minimum atomic E-state index is -0.313. The molecule has 0 unspecified atom stereocenters. The number of benzene rings is 1. The summed E-state index contributed by atoms with van der Waals surface area (Å²) in [7, 11) is 2.93. The van der Waals surface area contributed by atoms with Crippen LogP contribution in [0.2, 0.25) is 0 Å². The minimum Gasteiger partial charge on any atom is -0.410 e. The second-order valence-corrected chi connectivity index (χ2v) is 3.35. The average molecular weight is 216 g/mol. The third-order valence-corrected chi connectivity index (χ3v) is 2.36. The molecule has 0 radical (unpaired) electrons. The zero-order chi connectivity index (χ0) is 11.4. The quantitative estimate of drug-likeness (QED) is 0.711. The van der Waals surface area contributed by atoms with Gasteiger partial charge < -0.3 is 9.31 Å². The second kappa shape index (κ2) is 4.96. The van der Waals surface area contributed by atoms with Gasteiger partial charge in [0.15, 0.2) is 0 Å². The molecule has 0 amide bonds. The monoisotopic (exact) mass is 216 g/mol. The van der Waals surface area contributed by atoms with Gasteiger partial charge in [-0.05, 0) is 23.7 Å². The average Bonchev–Trinajstić information content (AvgIpc) is 2.85. The Hall–Kier alpha value is -1.59. The van der Waals surface area contributed by atoms with Crippen LogP contribution in [0.25, 0.3) is 5.69 Å². The molecule has 1 heterocycles. The fourth-order valence-corrected chi connectivity index (χ4v) is 1.57. The van der Waals surface area contributed by atoms with Gasteiger partial charge in [-0.15, -0.1) is 0 Å². The molecule has 0 aliphatic carbocycles. The van der Waals surface area contributed by atoms with E-state index in [1.165, 1.54) is 0 Å². The van der Waals surface area contributed by atoms with E-state index in [1.807, 2.05) is 36.5 Å². The summed E-state index contributed by atoms with van der Waals surface area (Å²) in [5.41, 5.74) is 2.00. The van der Waals surface area contributed by atoms with E-state index in [9.17, 15) is 0 Å². The van der Waals surface area contributed by atoms with Crippen molar-refractivity contribution in [2.45, 2.75) is 0 Å². The van der Waals surface area contributed by atoms with Crippen LogP contribution in [-0.2, 0) is 9.31 Å². The number of nitrogens with zero attached hydrogens (tertiary/aromatic N) is 2. The predicted octanol–water partition coefficient (Wildman–Crippen LogP) is 0.860. The Balaban J connectivity index is 2.22. The lowest BCUT2D eigenvalue weighted by Crippen LogP contribution is -2.34. The highest BCUT2D eigenvalue weighted by Crippen LogP contribution is 2.04. The highest BCUT2D eigenvalue weighted by molar-refractivity contribution is 6.61. The van der Waals surface area contributed by atoms with Gasteiger partial charge in [0.05, 0.1) is 5.69 Å². The van der Waals surface area contributed by atoms with Crippen LogP contribution < -0.4 is 5.46 Å². The van der Waals surface area contributed by atoms with Gasteiger partial charge in [-0.25, -0.2) is 4.68 Å². The lowest BCUT2D eigenvalue weighted by atomic mass is 9.79. The summed E-state index contributed by atoms with van der Waals surface area (Å²) in [5.74, 6) is 0. The van der Waals surface area contributed by atoms with Crippen LogP contribution >= 0.6 is 0 Å². The molecule has 0 atom stereocenters. The highest BCUT2D eigenvalue weighted by atomic mass is 16.6. The first kappa shape index (κ1) is 10.9. The number of aromatic nitrogens is 2. The molecule has 2 rings (SSSR count). The summed E-state index contributed by atoms with van der Waals surface area (Å²) in [6.45, 7) is 0. The molecule has 0 bridgehead atoms. The molecule has 0 fully saturated rings. The molecular formula is C11H13BN2O2. The van der Waals surface area contributed by atoms with Gasteiger partial charge in [-0.1, -0.05) is 12.1 Å². The van der Waals surface area contributed by atoms with E-state index in [2.05, 4.69) is 5.10 Å². The topological polar surface area (TPSA) is 36.3 Å². The molecule has 0 saturated carbocycles. The molecule has 1 aromatic carbocycles. The highest BCUT2D eigenvalue weighted by Gasteiger charge is 2.17. The maximum absolute atomic E-state index is 5.17. The number of rotatable bonds is 4. The van der Waals surface area contributed by atoms with Crippen molar-refractivity contribution in [1.82, 2.24) is 9.78 Å². The zero-order valence-corrected chi connectivity index (χ0v) is 9.33. The fourth-order valence-electron chi connectivity index (χ4n) is 1.57. The summed E-state index contributed by atoms with van der Waals surface area (Å²) < 4.78 is 12.1. The molecule has 82 valence electrons. The molecule has 0 N–H and O–H groups in total. The molecule has 0 aliphatic heterocycles. The van der Waals surface area contributed by atoms with Crippen LogP contribution in [-0.4, -0.2) is 31.1 Å². The van der Waals surface area contributed by atoms with Crippen molar-refractivity contribution in [3.8, 4) is 5.69 Å². The van der Waals surface area contributed by atoms with Crippen LogP contribution in [0.5, 0.6) is 0 Å². The third kappa shape index (κ3) is 2.15. The van der Waals surface area contributed by atoms with E-state index in [-0.39, 0.29) is 7.12 Å². The van der Waals surface area contributed by atoms with Crippen molar-refractivity contribution < 1.29 is 9.31 Å². The third-order valence-electron chi connectivity index (χ3n) is 2.36. The molecular weight excluding hydrogens is 203 g/mol. The normalized spacial score (nSPS) is 10.4. The van der Waals surface area contributed by atoms with Gasteiger partial charge in [0.2, 0.25) is 0 Å². The summed E-state index contributed by atoms with van der Waals surface area (Å²) >= 11 is 0. The van der Waals surface area contributed by atoms with E-state index < -0.39 is 0 Å². The molecule has 0 spiro atoms. The smallest absolute Gasteiger partial charge is 0.410 e. The van der Waals surface area contributed by atoms with Crippen molar-refractivity contribution in [2.24, 2.45) is 0 Å². The summed E-state index contributed by atoms with van der Waals surface area (Å²) in [5, 5.41) is 4.16. The van der Waals surface area contributed by atoms with Gasteiger partial charge >= 0.3 is 7.12 Å². The Labute approximate surface area is 94.9 Å². The first-order valence-corrected chi connectivity index (χ1v) is 5.00. The molecule has 0 aliphatic rings. The van der Waals surface area contributed by atoms with E-state index in [0.29, 0.717) is 0 Å². The second-order valence-electron chi connectivity index (χ2n) is 3.35. The van der Waals surface area contributed by atoms with Gasteiger partial charge in [0, 0.05) is 26.6 Å². The first-order chi connectivity index (χ1) is 7.85. The van der Waals surface area contributed by atoms with E-state index >= 15 is 0 Å². The minimum absolute atomic E-state index is 0.313. The van der Waals surface area contributed by atoms with Crippen LogP contribution in [0, 0.1) is 0 Å². The van der Waals surface area contributed by atoms with Crippen molar-refractivity contribution in [2.75, 3.05) is 14.2 Å². The standard InChI is InChI=1S/C11H13BN2O2/c1-15-12(16-2)10-4-6-11(7-5-10)14-9-3-8-13-14/h3-9H,1-2H3. The van der Waals surface area contributed by atoms with Gasteiger partial charge in [-0.3, -0.25) is 0 Å². The molecule has 1 aromatic heterocycles. The number of hydrogen-bond donors (Lipinski definition) is 0. The SMILES string of the molecule is COB(OC)c1ccc(-n2cccn2)cc1. The van der Waals surface area contributed by atoms with Crippen molar-refractivity contribution >= 4 is 12.6 Å².